The highest BCUT2D eigenvalue weighted by atomic mass is 16.5. The van der Waals surface area contributed by atoms with Gasteiger partial charge in [-0.2, -0.15) is 0 Å². The molecule has 1 saturated carbocycles. The second kappa shape index (κ2) is 7.73. The number of anilines is 1. The monoisotopic (exact) mass is 293 g/mol. The number of methoxy groups -OCH3 is 1. The number of hydrogen-bond acceptors (Lipinski definition) is 5. The number of likely N-dealkylation sites (N-methyl/N-ethyl adjacent to an activating group) is 1. The van der Waals surface area contributed by atoms with Crippen LogP contribution in [0.5, 0.6) is 0 Å². The Labute approximate surface area is 127 Å². The molecule has 2 N–H and O–H groups in total. The molecular formula is C16H27N3O2. The molecule has 5 nitrogen and oxygen atoms in total. The van der Waals surface area contributed by atoms with Gasteiger partial charge in [-0.15, -0.1) is 0 Å². The first kappa shape index (κ1) is 16.2. The van der Waals surface area contributed by atoms with Crippen molar-refractivity contribution in [1.82, 2.24) is 10.3 Å². The molecule has 2 rings (SSSR count). The molecule has 0 radical (unpaired) electrons. The van der Waals surface area contributed by atoms with E-state index < -0.39 is 5.60 Å². The van der Waals surface area contributed by atoms with Crippen molar-refractivity contribution in [3.05, 3.63) is 23.9 Å². The van der Waals surface area contributed by atoms with Crippen LogP contribution >= 0.6 is 0 Å². The molecule has 0 amide bonds. The summed E-state index contributed by atoms with van der Waals surface area (Å²) in [6.45, 7) is 3.01. The van der Waals surface area contributed by atoms with Crippen LogP contribution in [-0.4, -0.2) is 49.5 Å². The number of rotatable bonds is 8. The van der Waals surface area contributed by atoms with E-state index in [1.807, 2.05) is 24.2 Å². The lowest BCUT2D eigenvalue weighted by molar-refractivity contribution is 0.0558. The minimum absolute atomic E-state index is 0.531. The molecule has 21 heavy (non-hydrogen) atoms. The third kappa shape index (κ3) is 4.95. The maximum absolute atomic E-state index is 10.5. The number of nitrogens with zero attached hydrogens (tertiary/aromatic N) is 2. The summed E-state index contributed by atoms with van der Waals surface area (Å²) in [5.41, 5.74) is 0.624. The highest BCUT2D eigenvalue weighted by Gasteiger charge is 2.32. The van der Waals surface area contributed by atoms with Gasteiger partial charge in [-0.1, -0.05) is 18.9 Å². The van der Waals surface area contributed by atoms with Gasteiger partial charge in [0.15, 0.2) is 0 Å². The Morgan fingerprint density at radius 1 is 1.38 bits per heavy atom. The van der Waals surface area contributed by atoms with Gasteiger partial charge in [-0.3, -0.25) is 0 Å². The zero-order chi connectivity index (χ0) is 15.1. The molecule has 0 aliphatic heterocycles. The molecule has 0 saturated heterocycles. The van der Waals surface area contributed by atoms with Gasteiger partial charge in [0.1, 0.15) is 5.82 Å². The topological polar surface area (TPSA) is 57.6 Å². The second-order valence-electron chi connectivity index (χ2n) is 5.98. The molecule has 1 aliphatic carbocycles. The molecule has 1 aliphatic rings. The van der Waals surface area contributed by atoms with Crippen LogP contribution in [0.15, 0.2) is 18.3 Å². The number of ether oxygens (including phenoxy) is 1. The van der Waals surface area contributed by atoms with E-state index in [-0.39, 0.29) is 0 Å². The van der Waals surface area contributed by atoms with Gasteiger partial charge in [0.05, 0.1) is 12.2 Å². The fourth-order valence-electron chi connectivity index (χ4n) is 2.87. The van der Waals surface area contributed by atoms with Gasteiger partial charge in [-0.25, -0.2) is 4.98 Å². The smallest absolute Gasteiger partial charge is 0.128 e. The van der Waals surface area contributed by atoms with Crippen molar-refractivity contribution in [1.29, 1.82) is 0 Å². The molecule has 1 aromatic heterocycles. The minimum Gasteiger partial charge on any atom is -0.388 e. The summed E-state index contributed by atoms with van der Waals surface area (Å²) in [7, 11) is 3.70. The largest absolute Gasteiger partial charge is 0.388 e. The van der Waals surface area contributed by atoms with E-state index in [0.29, 0.717) is 13.2 Å². The van der Waals surface area contributed by atoms with Crippen molar-refractivity contribution < 1.29 is 9.84 Å². The van der Waals surface area contributed by atoms with Crippen molar-refractivity contribution in [2.45, 2.75) is 37.8 Å². The van der Waals surface area contributed by atoms with Gasteiger partial charge in [0.2, 0.25) is 0 Å². The molecule has 1 heterocycles. The molecule has 0 aromatic carbocycles. The van der Waals surface area contributed by atoms with Crippen LogP contribution in [0.25, 0.3) is 0 Å². The molecule has 1 fully saturated rings. The first-order valence-electron chi connectivity index (χ1n) is 7.71. The average Bonchev–Trinajstić information content (AvgIpc) is 2.90. The van der Waals surface area contributed by atoms with Crippen molar-refractivity contribution in [2.75, 3.05) is 38.8 Å². The Morgan fingerprint density at radius 2 is 2.14 bits per heavy atom. The normalized spacial score (nSPS) is 17.1. The Balaban J connectivity index is 1.83. The lowest BCUT2D eigenvalue weighted by atomic mass is 10.0. The van der Waals surface area contributed by atoms with Gasteiger partial charge >= 0.3 is 0 Å². The van der Waals surface area contributed by atoms with E-state index in [0.717, 1.165) is 50.2 Å². The van der Waals surface area contributed by atoms with Crippen molar-refractivity contribution in [3.63, 3.8) is 0 Å². The molecule has 5 heteroatoms. The number of hydrogen-bond donors (Lipinski definition) is 2. The third-order valence-corrected chi connectivity index (χ3v) is 4.08. The Hall–Kier alpha value is -1.17. The van der Waals surface area contributed by atoms with Crippen LogP contribution in [-0.2, 0) is 11.3 Å². The maximum atomic E-state index is 10.5. The van der Waals surface area contributed by atoms with Crippen LogP contribution < -0.4 is 10.2 Å². The molecule has 0 spiro atoms. The summed E-state index contributed by atoms with van der Waals surface area (Å²) in [6, 6.07) is 4.10. The van der Waals surface area contributed by atoms with Crippen LogP contribution in [0.2, 0.25) is 0 Å². The number of aliphatic hydroxyl groups is 1. The van der Waals surface area contributed by atoms with Crippen molar-refractivity contribution in [2.24, 2.45) is 0 Å². The summed E-state index contributed by atoms with van der Waals surface area (Å²) in [4.78, 5) is 6.54. The molecule has 118 valence electrons. The van der Waals surface area contributed by atoms with Gasteiger partial charge in [0, 0.05) is 40.0 Å². The lowest BCUT2D eigenvalue weighted by Gasteiger charge is -2.29. The number of nitrogens with one attached hydrogen (secondary N) is 1. The van der Waals surface area contributed by atoms with Crippen molar-refractivity contribution in [3.8, 4) is 0 Å². The lowest BCUT2D eigenvalue weighted by Crippen LogP contribution is -2.39. The Bertz CT molecular complexity index is 416. The molecule has 0 atom stereocenters. The summed E-state index contributed by atoms with van der Waals surface area (Å²) < 4.78 is 4.99. The first-order valence-corrected chi connectivity index (χ1v) is 7.71. The third-order valence-electron chi connectivity index (χ3n) is 4.08. The van der Waals surface area contributed by atoms with E-state index in [4.69, 9.17) is 4.74 Å². The predicted octanol–water partition coefficient (Wildman–Crippen LogP) is 1.56. The fraction of sp³-hybridized carbons (Fsp3) is 0.688. The van der Waals surface area contributed by atoms with Gasteiger partial charge < -0.3 is 20.1 Å². The van der Waals surface area contributed by atoms with Crippen molar-refractivity contribution >= 4 is 5.82 Å². The van der Waals surface area contributed by atoms with Gasteiger partial charge in [0.25, 0.3) is 0 Å². The van der Waals surface area contributed by atoms with E-state index >= 15 is 0 Å². The maximum Gasteiger partial charge on any atom is 0.128 e. The molecule has 0 unspecified atom stereocenters. The second-order valence-corrected chi connectivity index (χ2v) is 5.98. The highest BCUT2D eigenvalue weighted by Crippen LogP contribution is 2.30. The molecular weight excluding hydrogens is 266 g/mol. The standard InChI is InChI=1S/C16H27N3O2/c1-19(13-16(20)7-3-4-8-16)15-6-5-14(12-18-15)11-17-9-10-21-2/h5-6,12,17,20H,3-4,7-11,13H2,1-2H3. The SMILES string of the molecule is COCCNCc1ccc(N(C)CC2(O)CCCC2)nc1. The predicted molar refractivity (Wildman–Crippen MR) is 84.5 cm³/mol. The molecule has 1 aromatic rings. The minimum atomic E-state index is -0.531. The Morgan fingerprint density at radius 3 is 2.76 bits per heavy atom. The van der Waals surface area contributed by atoms with Gasteiger partial charge in [-0.05, 0) is 24.5 Å². The number of pyridine rings is 1. The average molecular weight is 293 g/mol. The summed E-state index contributed by atoms with van der Waals surface area (Å²) in [5, 5.41) is 13.8. The highest BCUT2D eigenvalue weighted by molar-refractivity contribution is 5.39. The van der Waals surface area contributed by atoms with E-state index in [2.05, 4.69) is 16.4 Å². The van der Waals surface area contributed by atoms with Crippen LogP contribution in [0.4, 0.5) is 5.82 Å². The number of aromatic nitrogens is 1. The van der Waals surface area contributed by atoms with E-state index in [1.54, 1.807) is 7.11 Å². The van der Waals surface area contributed by atoms with E-state index in [9.17, 15) is 5.11 Å². The summed E-state index contributed by atoms with van der Waals surface area (Å²) >= 11 is 0. The first-order chi connectivity index (χ1) is 10.1. The fourth-order valence-corrected chi connectivity index (χ4v) is 2.87. The quantitative estimate of drug-likeness (QED) is 0.712. The van der Waals surface area contributed by atoms with Crippen LogP contribution in [0, 0.1) is 0 Å². The molecule has 0 bridgehead atoms. The Kier molecular flexibility index (Phi) is 5.96. The van der Waals surface area contributed by atoms with E-state index in [1.165, 1.54) is 0 Å². The zero-order valence-electron chi connectivity index (χ0n) is 13.1. The van der Waals surface area contributed by atoms with Crippen LogP contribution in [0.1, 0.15) is 31.2 Å². The summed E-state index contributed by atoms with van der Waals surface area (Å²) in [5.74, 6) is 0.913. The summed E-state index contributed by atoms with van der Waals surface area (Å²) in [6.07, 6.45) is 5.95. The zero-order valence-corrected chi connectivity index (χ0v) is 13.1. The van der Waals surface area contributed by atoms with Crippen LogP contribution in [0.3, 0.4) is 0 Å².